The Morgan fingerprint density at radius 1 is 1.67 bits per heavy atom. The third-order valence-electron chi connectivity index (χ3n) is 3.31. The van der Waals surface area contributed by atoms with E-state index in [2.05, 4.69) is 27.6 Å². The van der Waals surface area contributed by atoms with Crippen LogP contribution >= 0.6 is 0 Å². The molecule has 2 rings (SSSR count). The first-order valence-electron chi connectivity index (χ1n) is 6.25. The quantitative estimate of drug-likeness (QED) is 0.698. The fraction of sp³-hybridized carbons (Fsp3) is 0.727. The molecule has 1 atom stereocenters. The van der Waals surface area contributed by atoms with E-state index in [0.29, 0.717) is 24.8 Å². The lowest BCUT2D eigenvalue weighted by molar-refractivity contribution is -0.122. The average molecular weight is 252 g/mol. The van der Waals surface area contributed by atoms with Crippen LogP contribution < -0.4 is 11.1 Å². The molecule has 1 aromatic heterocycles. The van der Waals surface area contributed by atoms with Gasteiger partial charge in [0.25, 0.3) is 0 Å². The first kappa shape index (κ1) is 13.0. The molecule has 1 unspecified atom stereocenters. The predicted octanol–water partition coefficient (Wildman–Crippen LogP) is -1.05. The number of aromatic nitrogens is 3. The average Bonchev–Trinajstić information content (AvgIpc) is 2.96. The van der Waals surface area contributed by atoms with Gasteiger partial charge in [0.05, 0.1) is 11.9 Å². The summed E-state index contributed by atoms with van der Waals surface area (Å²) in [5.41, 5.74) is 6.12. The Balaban J connectivity index is 1.74. The van der Waals surface area contributed by atoms with Crippen molar-refractivity contribution in [2.45, 2.75) is 32.0 Å². The Morgan fingerprint density at radius 3 is 3.11 bits per heavy atom. The summed E-state index contributed by atoms with van der Waals surface area (Å²) in [7, 11) is 2.09. The number of amides is 1. The molecule has 18 heavy (non-hydrogen) atoms. The van der Waals surface area contributed by atoms with Crippen molar-refractivity contribution in [2.24, 2.45) is 5.73 Å². The fourth-order valence-corrected chi connectivity index (χ4v) is 2.18. The minimum atomic E-state index is -0.0382. The van der Waals surface area contributed by atoms with Crippen LogP contribution in [-0.4, -0.2) is 52.0 Å². The van der Waals surface area contributed by atoms with Crippen molar-refractivity contribution < 1.29 is 4.79 Å². The maximum atomic E-state index is 11.7. The highest BCUT2D eigenvalue weighted by Crippen LogP contribution is 2.13. The molecule has 1 aromatic rings. The van der Waals surface area contributed by atoms with Gasteiger partial charge in [-0.05, 0) is 26.4 Å². The zero-order valence-electron chi connectivity index (χ0n) is 10.7. The summed E-state index contributed by atoms with van der Waals surface area (Å²) in [5, 5.41) is 10.6. The summed E-state index contributed by atoms with van der Waals surface area (Å²) >= 11 is 0. The standard InChI is InChI=1S/C11H20N6O/c1-16-4-2-3-10(16)6-13-11(18)8-17-7-9(5-12)14-15-17/h7,10H,2-6,8,12H2,1H3,(H,13,18). The molecule has 100 valence electrons. The number of nitrogens with two attached hydrogens (primary N) is 1. The van der Waals surface area contributed by atoms with Crippen molar-refractivity contribution in [1.82, 2.24) is 25.2 Å². The van der Waals surface area contributed by atoms with Crippen LogP contribution in [0.5, 0.6) is 0 Å². The fourth-order valence-electron chi connectivity index (χ4n) is 2.18. The maximum absolute atomic E-state index is 11.7. The van der Waals surface area contributed by atoms with Crippen LogP contribution in [0.3, 0.4) is 0 Å². The van der Waals surface area contributed by atoms with Gasteiger partial charge in [-0.15, -0.1) is 5.10 Å². The van der Waals surface area contributed by atoms with Crippen LogP contribution in [0, 0.1) is 0 Å². The number of carbonyl (C=O) groups is 1. The Hall–Kier alpha value is -1.47. The SMILES string of the molecule is CN1CCCC1CNC(=O)Cn1cc(CN)nn1. The van der Waals surface area contributed by atoms with E-state index in [1.54, 1.807) is 6.20 Å². The molecular weight excluding hydrogens is 232 g/mol. The monoisotopic (exact) mass is 252 g/mol. The van der Waals surface area contributed by atoms with E-state index in [9.17, 15) is 4.79 Å². The second-order valence-electron chi connectivity index (χ2n) is 4.69. The maximum Gasteiger partial charge on any atom is 0.241 e. The van der Waals surface area contributed by atoms with Crippen molar-refractivity contribution in [3.63, 3.8) is 0 Å². The van der Waals surface area contributed by atoms with Gasteiger partial charge in [-0.2, -0.15) is 0 Å². The van der Waals surface area contributed by atoms with Crippen LogP contribution in [0.2, 0.25) is 0 Å². The Kier molecular flexibility index (Phi) is 4.27. The smallest absolute Gasteiger partial charge is 0.241 e. The summed E-state index contributed by atoms with van der Waals surface area (Å²) in [5.74, 6) is -0.0382. The van der Waals surface area contributed by atoms with Crippen molar-refractivity contribution in [1.29, 1.82) is 0 Å². The number of likely N-dealkylation sites (tertiary alicyclic amines) is 1. The number of hydrogen-bond donors (Lipinski definition) is 2. The topological polar surface area (TPSA) is 89.1 Å². The molecule has 0 aliphatic carbocycles. The largest absolute Gasteiger partial charge is 0.353 e. The molecule has 0 bridgehead atoms. The molecule has 2 heterocycles. The minimum Gasteiger partial charge on any atom is -0.353 e. The van der Waals surface area contributed by atoms with Gasteiger partial charge < -0.3 is 16.0 Å². The van der Waals surface area contributed by atoms with Crippen molar-refractivity contribution in [3.8, 4) is 0 Å². The molecule has 0 spiro atoms. The van der Waals surface area contributed by atoms with Gasteiger partial charge in [0.1, 0.15) is 6.54 Å². The number of nitrogens with one attached hydrogen (secondary N) is 1. The second kappa shape index (κ2) is 5.92. The van der Waals surface area contributed by atoms with E-state index in [4.69, 9.17) is 5.73 Å². The van der Waals surface area contributed by atoms with Gasteiger partial charge in [-0.3, -0.25) is 4.79 Å². The molecular formula is C11H20N6O. The molecule has 1 aliphatic heterocycles. The normalized spacial score (nSPS) is 20.2. The Bertz CT molecular complexity index is 404. The summed E-state index contributed by atoms with van der Waals surface area (Å²) < 4.78 is 1.51. The van der Waals surface area contributed by atoms with Gasteiger partial charge in [0.15, 0.2) is 0 Å². The first-order chi connectivity index (χ1) is 8.69. The molecule has 3 N–H and O–H groups in total. The molecule has 0 saturated carbocycles. The van der Waals surface area contributed by atoms with Crippen LogP contribution in [0.25, 0.3) is 0 Å². The Morgan fingerprint density at radius 2 is 2.50 bits per heavy atom. The van der Waals surface area contributed by atoms with E-state index in [0.717, 1.165) is 13.0 Å². The molecule has 1 fully saturated rings. The van der Waals surface area contributed by atoms with Gasteiger partial charge in [-0.25, -0.2) is 4.68 Å². The van der Waals surface area contributed by atoms with Gasteiger partial charge >= 0.3 is 0 Å². The van der Waals surface area contributed by atoms with Crippen molar-refractivity contribution >= 4 is 5.91 Å². The zero-order chi connectivity index (χ0) is 13.0. The number of nitrogens with zero attached hydrogens (tertiary/aromatic N) is 4. The van der Waals surface area contributed by atoms with E-state index in [1.165, 1.54) is 11.1 Å². The number of rotatable bonds is 5. The molecule has 1 saturated heterocycles. The van der Waals surface area contributed by atoms with Crippen molar-refractivity contribution in [2.75, 3.05) is 20.1 Å². The molecule has 0 aromatic carbocycles. The third-order valence-corrected chi connectivity index (χ3v) is 3.31. The third kappa shape index (κ3) is 3.27. The van der Waals surface area contributed by atoms with Crippen molar-refractivity contribution in [3.05, 3.63) is 11.9 Å². The lowest BCUT2D eigenvalue weighted by Gasteiger charge is -2.19. The van der Waals surface area contributed by atoms with Gasteiger partial charge in [-0.1, -0.05) is 5.21 Å². The first-order valence-corrected chi connectivity index (χ1v) is 6.25. The number of likely N-dealkylation sites (N-methyl/N-ethyl adjacent to an activating group) is 1. The summed E-state index contributed by atoms with van der Waals surface area (Å²) in [4.78, 5) is 14.0. The van der Waals surface area contributed by atoms with Crippen LogP contribution in [0.1, 0.15) is 18.5 Å². The highest BCUT2D eigenvalue weighted by Gasteiger charge is 2.21. The highest BCUT2D eigenvalue weighted by molar-refractivity contribution is 5.75. The number of hydrogen-bond acceptors (Lipinski definition) is 5. The minimum absolute atomic E-state index is 0.0382. The summed E-state index contributed by atoms with van der Waals surface area (Å²) in [6, 6.07) is 0.462. The summed E-state index contributed by atoms with van der Waals surface area (Å²) in [6.45, 7) is 2.36. The van der Waals surface area contributed by atoms with Gasteiger partial charge in [0, 0.05) is 19.1 Å². The van der Waals surface area contributed by atoms with Gasteiger partial charge in [0.2, 0.25) is 5.91 Å². The predicted molar refractivity (Wildman–Crippen MR) is 66.6 cm³/mol. The molecule has 1 aliphatic rings. The Labute approximate surface area is 106 Å². The zero-order valence-corrected chi connectivity index (χ0v) is 10.7. The van der Waals surface area contributed by atoms with E-state index >= 15 is 0 Å². The molecule has 7 heteroatoms. The highest BCUT2D eigenvalue weighted by atomic mass is 16.2. The number of carbonyl (C=O) groups excluding carboxylic acids is 1. The molecule has 0 radical (unpaired) electrons. The second-order valence-corrected chi connectivity index (χ2v) is 4.69. The molecule has 7 nitrogen and oxygen atoms in total. The van der Waals surface area contributed by atoms with E-state index < -0.39 is 0 Å². The summed E-state index contributed by atoms with van der Waals surface area (Å²) in [6.07, 6.45) is 4.05. The lowest BCUT2D eigenvalue weighted by Crippen LogP contribution is -2.39. The van der Waals surface area contributed by atoms with Crippen LogP contribution in [-0.2, 0) is 17.9 Å². The van der Waals surface area contributed by atoms with Crippen LogP contribution in [0.15, 0.2) is 6.20 Å². The lowest BCUT2D eigenvalue weighted by atomic mass is 10.2. The van der Waals surface area contributed by atoms with E-state index in [1.807, 2.05) is 0 Å². The van der Waals surface area contributed by atoms with E-state index in [-0.39, 0.29) is 12.5 Å². The molecule has 1 amide bonds. The van der Waals surface area contributed by atoms with Crippen LogP contribution in [0.4, 0.5) is 0 Å².